The second-order valence-electron chi connectivity index (χ2n) is 6.06. The Bertz CT molecular complexity index is 419. The largest absolute Gasteiger partial charge is 2.00 e. The Balaban J connectivity index is -0.000000372. The van der Waals surface area contributed by atoms with Gasteiger partial charge in [-0.25, -0.2) is 16.8 Å². The van der Waals surface area contributed by atoms with Crippen molar-refractivity contribution in [1.82, 2.24) is 0 Å². The Kier molecular flexibility index (Phi) is 23.8. The van der Waals surface area contributed by atoms with Crippen LogP contribution < -0.4 is 0 Å². The topological polar surface area (TPSA) is 114 Å². The standard InChI is InChI=1S/2C8H18O3S.Cd/c2*1-2-3-4-5-6-7-8-12(9,10)11;/h2*2-8H2,1H3,(H,9,10,11);/q;;+2/p-2. The van der Waals surface area contributed by atoms with Crippen LogP contribution in [0.5, 0.6) is 0 Å². The van der Waals surface area contributed by atoms with Gasteiger partial charge in [-0.15, -0.1) is 0 Å². The van der Waals surface area contributed by atoms with E-state index in [4.69, 9.17) is 0 Å². The fourth-order valence-electron chi connectivity index (χ4n) is 2.12. The molecule has 0 saturated heterocycles. The monoisotopic (exact) mass is 500 g/mol. The van der Waals surface area contributed by atoms with E-state index in [-0.39, 0.29) is 38.8 Å². The summed E-state index contributed by atoms with van der Waals surface area (Å²) in [7, 11) is -7.93. The third-order valence-electron chi connectivity index (χ3n) is 3.50. The molecule has 0 aromatic heterocycles. The zero-order chi connectivity index (χ0) is 18.9. The van der Waals surface area contributed by atoms with Gasteiger partial charge in [0.25, 0.3) is 0 Å². The molecule has 6 nitrogen and oxygen atoms in total. The van der Waals surface area contributed by atoms with Gasteiger partial charge in [0.1, 0.15) is 0 Å². The summed E-state index contributed by atoms with van der Waals surface area (Å²) in [4.78, 5) is 0. The number of hydrogen-bond acceptors (Lipinski definition) is 6. The van der Waals surface area contributed by atoms with Gasteiger partial charge < -0.3 is 9.11 Å². The molecule has 0 amide bonds. The van der Waals surface area contributed by atoms with Crippen LogP contribution >= 0.6 is 0 Å². The van der Waals surface area contributed by atoms with Gasteiger partial charge in [0.2, 0.25) is 0 Å². The molecule has 25 heavy (non-hydrogen) atoms. The van der Waals surface area contributed by atoms with E-state index in [1.807, 2.05) is 0 Å². The van der Waals surface area contributed by atoms with Gasteiger partial charge in [-0.3, -0.25) is 0 Å². The van der Waals surface area contributed by atoms with Crippen LogP contribution in [0.25, 0.3) is 0 Å². The van der Waals surface area contributed by atoms with Gasteiger partial charge in [0, 0.05) is 11.5 Å². The van der Waals surface area contributed by atoms with E-state index in [2.05, 4.69) is 13.8 Å². The average molecular weight is 499 g/mol. The van der Waals surface area contributed by atoms with Crippen molar-refractivity contribution in [1.29, 1.82) is 0 Å². The molecule has 0 radical (unpaired) electrons. The van der Waals surface area contributed by atoms with Gasteiger partial charge >= 0.3 is 27.3 Å². The zero-order valence-corrected chi connectivity index (χ0v) is 21.5. The summed E-state index contributed by atoms with van der Waals surface area (Å²) in [6.45, 7) is 4.25. The Morgan fingerprint density at radius 1 is 0.520 bits per heavy atom. The molecule has 9 heteroatoms. The number of rotatable bonds is 14. The minimum absolute atomic E-state index is 0. The van der Waals surface area contributed by atoms with Crippen LogP contribution in [-0.4, -0.2) is 37.4 Å². The molecule has 0 aromatic rings. The minimum Gasteiger partial charge on any atom is -0.748 e. The number of hydrogen-bond donors (Lipinski definition) is 0. The predicted octanol–water partition coefficient (Wildman–Crippen LogP) is 3.78. The molecule has 0 rings (SSSR count). The van der Waals surface area contributed by atoms with Crippen molar-refractivity contribution in [2.45, 2.75) is 90.9 Å². The van der Waals surface area contributed by atoms with Crippen LogP contribution in [0.4, 0.5) is 0 Å². The van der Waals surface area contributed by atoms with E-state index < -0.39 is 20.2 Å². The summed E-state index contributed by atoms with van der Waals surface area (Å²) >= 11 is 0. The summed E-state index contributed by atoms with van der Waals surface area (Å²) in [5.41, 5.74) is 0. The Morgan fingerprint density at radius 2 is 0.760 bits per heavy atom. The van der Waals surface area contributed by atoms with E-state index in [1.165, 1.54) is 25.7 Å². The van der Waals surface area contributed by atoms with Gasteiger partial charge in [-0.05, 0) is 12.8 Å². The Morgan fingerprint density at radius 3 is 1.00 bits per heavy atom. The van der Waals surface area contributed by atoms with Crippen LogP contribution in [0.3, 0.4) is 0 Å². The molecule has 0 aliphatic rings. The predicted molar refractivity (Wildman–Crippen MR) is 95.9 cm³/mol. The summed E-state index contributed by atoms with van der Waals surface area (Å²) < 4.78 is 61.0. The first-order valence-electron chi connectivity index (χ1n) is 8.99. The maximum absolute atomic E-state index is 10.2. The van der Waals surface area contributed by atoms with Crippen molar-refractivity contribution in [3.05, 3.63) is 0 Å². The van der Waals surface area contributed by atoms with Crippen molar-refractivity contribution in [3.8, 4) is 0 Å². The molecule has 0 aromatic carbocycles. The SMILES string of the molecule is CCCCCCCCS(=O)(=O)[O-].CCCCCCCCS(=O)(=O)[O-].[Cd+2]. The Hall–Kier alpha value is 0.742. The molecule has 0 unspecified atom stereocenters. The van der Waals surface area contributed by atoms with E-state index in [9.17, 15) is 25.9 Å². The quantitative estimate of drug-likeness (QED) is 0.204. The van der Waals surface area contributed by atoms with Crippen molar-refractivity contribution in [2.24, 2.45) is 0 Å². The molecule has 0 fully saturated rings. The zero-order valence-electron chi connectivity index (χ0n) is 15.9. The van der Waals surface area contributed by atoms with Crippen LogP contribution in [0.2, 0.25) is 0 Å². The third kappa shape index (κ3) is 36.4. The van der Waals surface area contributed by atoms with E-state index in [0.29, 0.717) is 12.8 Å². The molecule has 0 bridgehead atoms. The molecule has 0 spiro atoms. The van der Waals surface area contributed by atoms with Crippen molar-refractivity contribution >= 4 is 20.2 Å². The second kappa shape index (κ2) is 19.5. The third-order valence-corrected chi connectivity index (χ3v) is 5.07. The fraction of sp³-hybridized carbons (Fsp3) is 1.00. The van der Waals surface area contributed by atoms with Crippen molar-refractivity contribution in [3.63, 3.8) is 0 Å². The minimum atomic E-state index is -3.97. The Labute approximate surface area is 175 Å². The summed E-state index contributed by atoms with van der Waals surface area (Å²) in [5.74, 6) is -0.391. The molecule has 0 aliphatic carbocycles. The second-order valence-corrected chi connectivity index (χ2v) is 9.11. The summed E-state index contributed by atoms with van der Waals surface area (Å²) in [5, 5.41) is 0. The van der Waals surface area contributed by atoms with Gasteiger partial charge in [-0.2, -0.15) is 0 Å². The smallest absolute Gasteiger partial charge is 0.748 e. The molecule has 0 saturated carbocycles. The average Bonchev–Trinajstić information content (AvgIpc) is 2.45. The van der Waals surface area contributed by atoms with Gasteiger partial charge in [0.15, 0.2) is 0 Å². The molecule has 0 aliphatic heterocycles. The molecule has 0 atom stereocenters. The van der Waals surface area contributed by atoms with Gasteiger partial charge in [-0.1, -0.05) is 78.1 Å². The van der Waals surface area contributed by atoms with Crippen molar-refractivity contribution < 1.29 is 53.2 Å². The maximum atomic E-state index is 10.2. The fourth-order valence-corrected chi connectivity index (χ4v) is 3.23. The summed E-state index contributed by atoms with van der Waals surface area (Å²) in [6, 6.07) is 0. The van der Waals surface area contributed by atoms with Crippen molar-refractivity contribution in [2.75, 3.05) is 11.5 Å². The molecular formula is C16H34CdO6S2. The van der Waals surface area contributed by atoms with Gasteiger partial charge in [0.05, 0.1) is 20.2 Å². The normalized spacial score (nSPS) is 11.4. The maximum Gasteiger partial charge on any atom is 2.00 e. The van der Waals surface area contributed by atoms with Crippen LogP contribution in [0.15, 0.2) is 0 Å². The van der Waals surface area contributed by atoms with E-state index >= 15 is 0 Å². The summed E-state index contributed by atoms with van der Waals surface area (Å²) in [6.07, 6.45) is 11.9. The van der Waals surface area contributed by atoms with E-state index in [1.54, 1.807) is 0 Å². The van der Waals surface area contributed by atoms with Crippen LogP contribution in [0.1, 0.15) is 90.9 Å². The number of unbranched alkanes of at least 4 members (excludes halogenated alkanes) is 10. The molecule has 0 N–H and O–H groups in total. The first-order chi connectivity index (χ1) is 11.1. The van der Waals surface area contributed by atoms with Crippen LogP contribution in [0, 0.1) is 0 Å². The molecule has 148 valence electrons. The van der Waals surface area contributed by atoms with Crippen LogP contribution in [-0.2, 0) is 47.5 Å². The molecule has 0 heterocycles. The molecular weight excluding hydrogens is 465 g/mol. The van der Waals surface area contributed by atoms with E-state index in [0.717, 1.165) is 38.5 Å². The first-order valence-corrected chi connectivity index (χ1v) is 12.1. The first kappa shape index (κ1) is 30.5.